The SMILES string of the molecule is CN=C(NCc1cccc(NC(=O)c2ccco2)c1)NCC1CCCO1.I. The Balaban J connectivity index is 0.00000261. The van der Waals surface area contributed by atoms with Gasteiger partial charge < -0.3 is 25.1 Å². The number of hydrogen-bond donors (Lipinski definition) is 3. The molecular formula is C19H25IN4O3. The summed E-state index contributed by atoms with van der Waals surface area (Å²) in [7, 11) is 1.74. The van der Waals surface area contributed by atoms with Gasteiger partial charge in [0.1, 0.15) is 0 Å². The van der Waals surface area contributed by atoms with Crippen LogP contribution in [0.5, 0.6) is 0 Å². The van der Waals surface area contributed by atoms with E-state index in [1.807, 2.05) is 24.3 Å². The fourth-order valence-electron chi connectivity index (χ4n) is 2.78. The minimum atomic E-state index is -0.269. The summed E-state index contributed by atoms with van der Waals surface area (Å²) in [6.07, 6.45) is 3.94. The predicted molar refractivity (Wildman–Crippen MR) is 116 cm³/mol. The van der Waals surface area contributed by atoms with Crippen LogP contribution >= 0.6 is 24.0 Å². The number of ether oxygens (including phenoxy) is 1. The van der Waals surface area contributed by atoms with Gasteiger partial charge in [-0.15, -0.1) is 24.0 Å². The summed E-state index contributed by atoms with van der Waals surface area (Å²) >= 11 is 0. The first-order valence-corrected chi connectivity index (χ1v) is 8.74. The van der Waals surface area contributed by atoms with Crippen molar-refractivity contribution in [1.29, 1.82) is 0 Å². The molecule has 0 radical (unpaired) electrons. The summed E-state index contributed by atoms with van der Waals surface area (Å²) in [5.41, 5.74) is 1.75. The third-order valence-electron chi connectivity index (χ3n) is 4.13. The van der Waals surface area contributed by atoms with Crippen molar-refractivity contribution in [3.05, 3.63) is 54.0 Å². The Morgan fingerprint density at radius 2 is 2.15 bits per heavy atom. The maximum atomic E-state index is 12.0. The highest BCUT2D eigenvalue weighted by Crippen LogP contribution is 2.13. The number of guanidine groups is 1. The van der Waals surface area contributed by atoms with E-state index >= 15 is 0 Å². The molecule has 1 aromatic heterocycles. The molecule has 1 amide bonds. The van der Waals surface area contributed by atoms with E-state index in [1.54, 1.807) is 19.2 Å². The van der Waals surface area contributed by atoms with Gasteiger partial charge in [-0.25, -0.2) is 0 Å². The largest absolute Gasteiger partial charge is 0.459 e. The Bertz CT molecular complexity index is 743. The highest BCUT2D eigenvalue weighted by atomic mass is 127. The van der Waals surface area contributed by atoms with E-state index in [2.05, 4.69) is 20.9 Å². The molecule has 1 atom stereocenters. The Hall–Kier alpha value is -2.07. The lowest BCUT2D eigenvalue weighted by Gasteiger charge is -2.15. The van der Waals surface area contributed by atoms with Crippen molar-refractivity contribution in [1.82, 2.24) is 10.6 Å². The van der Waals surface area contributed by atoms with Gasteiger partial charge >= 0.3 is 0 Å². The van der Waals surface area contributed by atoms with Gasteiger partial charge in [-0.05, 0) is 42.7 Å². The summed E-state index contributed by atoms with van der Waals surface area (Å²) < 4.78 is 10.7. The lowest BCUT2D eigenvalue weighted by atomic mass is 10.2. The Kier molecular flexibility index (Phi) is 8.59. The molecule has 1 aliphatic rings. The molecule has 1 aliphatic heterocycles. The van der Waals surface area contributed by atoms with Crippen LogP contribution in [0.1, 0.15) is 29.0 Å². The molecule has 8 heteroatoms. The molecule has 0 aliphatic carbocycles. The average Bonchev–Trinajstić information content (AvgIpc) is 3.36. The first-order valence-electron chi connectivity index (χ1n) is 8.74. The molecule has 7 nitrogen and oxygen atoms in total. The van der Waals surface area contributed by atoms with Crippen molar-refractivity contribution < 1.29 is 13.9 Å². The van der Waals surface area contributed by atoms with Crippen LogP contribution in [0.25, 0.3) is 0 Å². The maximum Gasteiger partial charge on any atom is 0.291 e. The summed E-state index contributed by atoms with van der Waals surface area (Å²) in [6, 6.07) is 11.0. The van der Waals surface area contributed by atoms with Gasteiger partial charge in [0.2, 0.25) is 0 Å². The predicted octanol–water partition coefficient (Wildman–Crippen LogP) is 2.99. The number of anilines is 1. The number of carbonyl (C=O) groups excluding carboxylic acids is 1. The number of furan rings is 1. The highest BCUT2D eigenvalue weighted by Gasteiger charge is 2.15. The molecule has 0 spiro atoms. The summed E-state index contributed by atoms with van der Waals surface area (Å²) in [6.45, 7) is 2.18. The van der Waals surface area contributed by atoms with Crippen LogP contribution in [0.3, 0.4) is 0 Å². The van der Waals surface area contributed by atoms with Crippen LogP contribution < -0.4 is 16.0 Å². The van der Waals surface area contributed by atoms with Crippen LogP contribution in [-0.2, 0) is 11.3 Å². The maximum absolute atomic E-state index is 12.0. The van der Waals surface area contributed by atoms with Gasteiger partial charge in [0.05, 0.1) is 12.4 Å². The lowest BCUT2D eigenvalue weighted by Crippen LogP contribution is -2.40. The third kappa shape index (κ3) is 6.55. The summed E-state index contributed by atoms with van der Waals surface area (Å²) in [5.74, 6) is 0.743. The van der Waals surface area contributed by atoms with Crippen molar-refractivity contribution in [3.63, 3.8) is 0 Å². The second-order valence-electron chi connectivity index (χ2n) is 6.07. The Labute approximate surface area is 176 Å². The lowest BCUT2D eigenvalue weighted by molar-refractivity contribution is 0.0996. The molecule has 1 saturated heterocycles. The minimum absolute atomic E-state index is 0. The first kappa shape index (κ1) is 21.2. The summed E-state index contributed by atoms with van der Waals surface area (Å²) in [5, 5.41) is 9.37. The molecule has 27 heavy (non-hydrogen) atoms. The number of aliphatic imine (C=N–C) groups is 1. The van der Waals surface area contributed by atoms with Crippen LogP contribution in [0.2, 0.25) is 0 Å². The molecule has 2 heterocycles. The molecule has 1 aromatic carbocycles. The smallest absolute Gasteiger partial charge is 0.291 e. The summed E-state index contributed by atoms with van der Waals surface area (Å²) in [4.78, 5) is 16.3. The van der Waals surface area contributed by atoms with Crippen LogP contribution in [0, 0.1) is 0 Å². The molecule has 1 fully saturated rings. The van der Waals surface area contributed by atoms with Gasteiger partial charge in [0.15, 0.2) is 11.7 Å². The average molecular weight is 484 g/mol. The van der Waals surface area contributed by atoms with E-state index in [0.29, 0.717) is 12.2 Å². The fraction of sp³-hybridized carbons (Fsp3) is 0.368. The van der Waals surface area contributed by atoms with E-state index in [0.717, 1.165) is 37.5 Å². The molecular weight excluding hydrogens is 459 g/mol. The standard InChI is InChI=1S/C19H24N4O3.HI/c1-20-19(22-13-16-7-3-9-25-16)21-12-14-5-2-6-15(11-14)23-18(24)17-8-4-10-26-17;/h2,4-6,8,10-11,16H,3,7,9,12-13H2,1H3,(H,23,24)(H2,20,21,22);1H. The van der Waals surface area contributed by atoms with E-state index in [1.165, 1.54) is 6.26 Å². The molecule has 1 unspecified atom stereocenters. The topological polar surface area (TPSA) is 87.9 Å². The number of hydrogen-bond acceptors (Lipinski definition) is 4. The van der Waals surface area contributed by atoms with Crippen LogP contribution in [-0.4, -0.2) is 38.2 Å². The number of nitrogens with one attached hydrogen (secondary N) is 3. The fourth-order valence-corrected chi connectivity index (χ4v) is 2.78. The van der Waals surface area contributed by atoms with E-state index in [4.69, 9.17) is 9.15 Å². The number of amides is 1. The zero-order chi connectivity index (χ0) is 18.2. The van der Waals surface area contributed by atoms with Gasteiger partial charge in [-0.1, -0.05) is 12.1 Å². The van der Waals surface area contributed by atoms with E-state index in [-0.39, 0.29) is 41.7 Å². The minimum Gasteiger partial charge on any atom is -0.459 e. The number of benzene rings is 1. The number of nitrogens with zero attached hydrogens (tertiary/aromatic N) is 1. The number of halogens is 1. The van der Waals surface area contributed by atoms with Gasteiger partial charge in [-0.3, -0.25) is 9.79 Å². The molecule has 3 rings (SSSR count). The van der Waals surface area contributed by atoms with Gasteiger partial charge in [0, 0.05) is 32.4 Å². The van der Waals surface area contributed by atoms with Crippen LogP contribution in [0.15, 0.2) is 52.1 Å². The van der Waals surface area contributed by atoms with Gasteiger partial charge in [0.25, 0.3) is 5.91 Å². The zero-order valence-electron chi connectivity index (χ0n) is 15.2. The highest BCUT2D eigenvalue weighted by molar-refractivity contribution is 14.0. The second kappa shape index (κ2) is 10.9. The molecule has 146 valence electrons. The molecule has 0 saturated carbocycles. The van der Waals surface area contributed by atoms with Gasteiger partial charge in [-0.2, -0.15) is 0 Å². The van der Waals surface area contributed by atoms with Crippen molar-refractivity contribution in [2.24, 2.45) is 4.99 Å². The van der Waals surface area contributed by atoms with E-state index in [9.17, 15) is 4.79 Å². The van der Waals surface area contributed by atoms with E-state index < -0.39 is 0 Å². The third-order valence-corrected chi connectivity index (χ3v) is 4.13. The van der Waals surface area contributed by atoms with Crippen LogP contribution in [0.4, 0.5) is 5.69 Å². The molecule has 2 aromatic rings. The number of carbonyl (C=O) groups is 1. The van der Waals surface area contributed by atoms with Crippen molar-refractivity contribution in [3.8, 4) is 0 Å². The molecule has 3 N–H and O–H groups in total. The van der Waals surface area contributed by atoms with Crippen molar-refractivity contribution in [2.45, 2.75) is 25.5 Å². The first-order chi connectivity index (χ1) is 12.7. The Morgan fingerprint density at radius 3 is 2.85 bits per heavy atom. The Morgan fingerprint density at radius 1 is 1.26 bits per heavy atom. The monoisotopic (exact) mass is 484 g/mol. The van der Waals surface area contributed by atoms with Crippen molar-refractivity contribution >= 4 is 41.5 Å². The zero-order valence-corrected chi connectivity index (χ0v) is 17.6. The normalized spacial score (nSPS) is 16.5. The molecule has 0 bridgehead atoms. The number of rotatable bonds is 6. The van der Waals surface area contributed by atoms with Crippen molar-refractivity contribution in [2.75, 3.05) is 25.5 Å². The quantitative estimate of drug-likeness (QED) is 0.334. The second-order valence-corrected chi connectivity index (χ2v) is 6.07.